The highest BCUT2D eigenvalue weighted by Gasteiger charge is 2.27. The van der Waals surface area contributed by atoms with Crippen molar-refractivity contribution in [1.82, 2.24) is 9.55 Å². The SMILES string of the molecule is O=[N+]([O-])c1cn2c(n1)OC(Cc1ccccc1)CC2. The number of nitrogens with zero attached hydrogens (tertiary/aromatic N) is 3. The molecule has 1 aromatic heterocycles. The molecule has 0 aliphatic carbocycles. The normalized spacial score (nSPS) is 17.6. The molecule has 2 aromatic rings. The lowest BCUT2D eigenvalue weighted by Gasteiger charge is -2.22. The first kappa shape index (κ1) is 11.7. The molecule has 0 fully saturated rings. The minimum atomic E-state index is -0.499. The van der Waals surface area contributed by atoms with Gasteiger partial charge in [0.25, 0.3) is 0 Å². The van der Waals surface area contributed by atoms with Crippen LogP contribution in [0.25, 0.3) is 0 Å². The fourth-order valence-electron chi connectivity index (χ4n) is 2.24. The summed E-state index contributed by atoms with van der Waals surface area (Å²) >= 11 is 0. The maximum atomic E-state index is 10.7. The smallest absolute Gasteiger partial charge is 0.414 e. The quantitative estimate of drug-likeness (QED) is 0.625. The maximum Gasteiger partial charge on any atom is 0.414 e. The van der Waals surface area contributed by atoms with Gasteiger partial charge in [-0.05, 0) is 10.5 Å². The van der Waals surface area contributed by atoms with Gasteiger partial charge in [-0.1, -0.05) is 30.3 Å². The van der Waals surface area contributed by atoms with Crippen LogP contribution in [0.5, 0.6) is 6.01 Å². The second-order valence-corrected chi connectivity index (χ2v) is 4.55. The highest BCUT2D eigenvalue weighted by atomic mass is 16.6. The number of nitro groups is 1. The Morgan fingerprint density at radius 2 is 2.21 bits per heavy atom. The van der Waals surface area contributed by atoms with Gasteiger partial charge in [0.05, 0.1) is 0 Å². The van der Waals surface area contributed by atoms with Crippen LogP contribution >= 0.6 is 0 Å². The molecule has 0 amide bonds. The minimum absolute atomic E-state index is 0.0249. The molecule has 1 unspecified atom stereocenters. The van der Waals surface area contributed by atoms with Crippen LogP contribution < -0.4 is 4.74 Å². The van der Waals surface area contributed by atoms with E-state index in [0.29, 0.717) is 12.6 Å². The lowest BCUT2D eigenvalue weighted by Crippen LogP contribution is -2.27. The second kappa shape index (κ2) is 4.72. The lowest BCUT2D eigenvalue weighted by molar-refractivity contribution is -0.389. The van der Waals surface area contributed by atoms with E-state index in [1.165, 1.54) is 11.8 Å². The van der Waals surface area contributed by atoms with E-state index >= 15 is 0 Å². The van der Waals surface area contributed by atoms with Gasteiger partial charge in [0, 0.05) is 24.4 Å². The van der Waals surface area contributed by atoms with E-state index in [-0.39, 0.29) is 11.9 Å². The topological polar surface area (TPSA) is 70.2 Å². The Hall–Kier alpha value is -2.37. The number of ether oxygens (including phenoxy) is 1. The van der Waals surface area contributed by atoms with E-state index in [1.54, 1.807) is 4.57 Å². The number of benzene rings is 1. The highest BCUT2D eigenvalue weighted by Crippen LogP contribution is 2.25. The van der Waals surface area contributed by atoms with Crippen LogP contribution in [0, 0.1) is 10.1 Å². The molecule has 6 heteroatoms. The molecule has 0 spiro atoms. The fourth-order valence-corrected chi connectivity index (χ4v) is 2.24. The van der Waals surface area contributed by atoms with E-state index in [2.05, 4.69) is 4.98 Å². The molecule has 1 aliphatic rings. The first-order valence-corrected chi connectivity index (χ1v) is 6.14. The molecule has 19 heavy (non-hydrogen) atoms. The van der Waals surface area contributed by atoms with Gasteiger partial charge in [0.2, 0.25) is 0 Å². The van der Waals surface area contributed by atoms with E-state index in [4.69, 9.17) is 4.74 Å². The number of aryl methyl sites for hydroxylation is 1. The highest BCUT2D eigenvalue weighted by molar-refractivity contribution is 5.22. The van der Waals surface area contributed by atoms with Crippen molar-refractivity contribution in [1.29, 1.82) is 0 Å². The zero-order valence-corrected chi connectivity index (χ0v) is 10.2. The van der Waals surface area contributed by atoms with Crippen LogP contribution in [0.2, 0.25) is 0 Å². The first-order valence-electron chi connectivity index (χ1n) is 6.14. The summed E-state index contributed by atoms with van der Waals surface area (Å²) in [7, 11) is 0. The van der Waals surface area contributed by atoms with Gasteiger partial charge in [-0.3, -0.25) is 4.57 Å². The predicted octanol–water partition coefficient (Wildman–Crippen LogP) is 2.19. The molecule has 1 aromatic carbocycles. The third-order valence-electron chi connectivity index (χ3n) is 3.18. The Bertz CT molecular complexity index is 594. The van der Waals surface area contributed by atoms with Crippen molar-refractivity contribution in [2.24, 2.45) is 0 Å². The van der Waals surface area contributed by atoms with Crippen LogP contribution in [-0.4, -0.2) is 20.6 Å². The molecule has 0 bridgehead atoms. The largest absolute Gasteiger partial charge is 0.442 e. The zero-order valence-electron chi connectivity index (χ0n) is 10.2. The number of hydrogen-bond acceptors (Lipinski definition) is 4. The fraction of sp³-hybridized carbons (Fsp3) is 0.308. The molecule has 6 nitrogen and oxygen atoms in total. The summed E-state index contributed by atoms with van der Waals surface area (Å²) in [5.74, 6) is -0.157. The average Bonchev–Trinajstić information content (AvgIpc) is 2.83. The third-order valence-corrected chi connectivity index (χ3v) is 3.18. The van der Waals surface area contributed by atoms with Gasteiger partial charge in [-0.25, -0.2) is 0 Å². The van der Waals surface area contributed by atoms with Gasteiger partial charge in [0.15, 0.2) is 0 Å². The average molecular weight is 259 g/mol. The Balaban J connectivity index is 1.73. The molecular formula is C13H13N3O3. The van der Waals surface area contributed by atoms with Crippen LogP contribution in [0.15, 0.2) is 36.5 Å². The Morgan fingerprint density at radius 3 is 2.95 bits per heavy atom. The lowest BCUT2D eigenvalue weighted by atomic mass is 10.1. The number of hydrogen-bond donors (Lipinski definition) is 0. The number of rotatable bonds is 3. The third kappa shape index (κ3) is 2.42. The second-order valence-electron chi connectivity index (χ2n) is 4.55. The number of imidazole rings is 1. The van der Waals surface area contributed by atoms with Gasteiger partial charge in [-0.15, -0.1) is 0 Å². The summed E-state index contributed by atoms with van der Waals surface area (Å²) in [4.78, 5) is 14.1. The van der Waals surface area contributed by atoms with Crippen LogP contribution in [-0.2, 0) is 13.0 Å². The van der Waals surface area contributed by atoms with Crippen molar-refractivity contribution >= 4 is 5.82 Å². The van der Waals surface area contributed by atoms with Crippen molar-refractivity contribution in [3.8, 4) is 6.01 Å². The molecule has 0 saturated heterocycles. The first-order chi connectivity index (χ1) is 9.22. The van der Waals surface area contributed by atoms with Crippen LogP contribution in [0.3, 0.4) is 0 Å². The predicted molar refractivity (Wildman–Crippen MR) is 68.1 cm³/mol. The summed E-state index contributed by atoms with van der Waals surface area (Å²) in [6.07, 6.45) is 3.07. The Kier molecular flexibility index (Phi) is 2.91. The zero-order chi connectivity index (χ0) is 13.2. The van der Waals surface area contributed by atoms with Crippen molar-refractivity contribution in [3.05, 3.63) is 52.2 Å². The Labute approximate surface area is 109 Å². The molecular weight excluding hydrogens is 246 g/mol. The van der Waals surface area contributed by atoms with Crippen LogP contribution in [0.1, 0.15) is 12.0 Å². The van der Waals surface area contributed by atoms with E-state index in [0.717, 1.165) is 12.8 Å². The summed E-state index contributed by atoms with van der Waals surface area (Å²) in [6.45, 7) is 0.702. The minimum Gasteiger partial charge on any atom is -0.442 e. The van der Waals surface area contributed by atoms with Gasteiger partial charge in [0.1, 0.15) is 12.3 Å². The van der Waals surface area contributed by atoms with Crippen LogP contribution in [0.4, 0.5) is 5.82 Å². The van der Waals surface area contributed by atoms with Gasteiger partial charge in [-0.2, -0.15) is 0 Å². The standard InChI is InChI=1S/C13H13N3O3/c17-16(18)12-9-15-7-6-11(19-13(15)14-12)8-10-4-2-1-3-5-10/h1-5,9,11H,6-8H2. The summed E-state index contributed by atoms with van der Waals surface area (Å²) in [5.41, 5.74) is 1.20. The van der Waals surface area contributed by atoms with E-state index in [9.17, 15) is 10.1 Å². The number of aromatic nitrogens is 2. The molecule has 0 saturated carbocycles. The molecule has 2 heterocycles. The molecule has 1 atom stereocenters. The summed E-state index contributed by atoms with van der Waals surface area (Å²) in [6, 6.07) is 10.4. The van der Waals surface area contributed by atoms with E-state index in [1.807, 2.05) is 30.3 Å². The number of fused-ring (bicyclic) bond motifs is 1. The maximum absolute atomic E-state index is 10.7. The molecule has 1 aliphatic heterocycles. The summed E-state index contributed by atoms with van der Waals surface area (Å²) in [5, 5.41) is 10.7. The van der Waals surface area contributed by atoms with Crippen molar-refractivity contribution in [2.75, 3.05) is 0 Å². The molecule has 0 N–H and O–H groups in total. The van der Waals surface area contributed by atoms with Crippen molar-refractivity contribution in [2.45, 2.75) is 25.5 Å². The molecule has 3 rings (SSSR count). The van der Waals surface area contributed by atoms with Crippen molar-refractivity contribution < 1.29 is 9.66 Å². The summed E-state index contributed by atoms with van der Waals surface area (Å²) < 4.78 is 7.41. The van der Waals surface area contributed by atoms with E-state index < -0.39 is 4.92 Å². The van der Waals surface area contributed by atoms with Gasteiger partial charge < -0.3 is 14.9 Å². The molecule has 0 radical (unpaired) electrons. The van der Waals surface area contributed by atoms with Crippen molar-refractivity contribution in [3.63, 3.8) is 0 Å². The Morgan fingerprint density at radius 1 is 1.42 bits per heavy atom. The molecule has 98 valence electrons. The monoisotopic (exact) mass is 259 g/mol. The van der Waals surface area contributed by atoms with Gasteiger partial charge >= 0.3 is 11.8 Å².